The number of hydrogen-bond acceptors (Lipinski definition) is 2. The minimum absolute atomic E-state index is 0.00235. The second kappa shape index (κ2) is 5.07. The molecule has 1 aliphatic rings. The highest BCUT2D eigenvalue weighted by Gasteiger charge is 2.41. The van der Waals surface area contributed by atoms with Gasteiger partial charge in [0.05, 0.1) is 6.61 Å². The maximum absolute atomic E-state index is 6.05. The predicted molar refractivity (Wildman–Crippen MR) is 63.7 cm³/mol. The molecular weight excluding hydrogens is 247 g/mol. The Morgan fingerprint density at radius 2 is 2.25 bits per heavy atom. The first-order valence-electron chi connectivity index (χ1n) is 4.84. The molecule has 0 amide bonds. The molecule has 0 saturated carbocycles. The van der Waals surface area contributed by atoms with Gasteiger partial charge in [-0.25, -0.2) is 0 Å². The van der Waals surface area contributed by atoms with E-state index in [-0.39, 0.29) is 12.2 Å². The van der Waals surface area contributed by atoms with Crippen molar-refractivity contribution in [3.8, 4) is 12.3 Å². The minimum atomic E-state index is 0.00235. The van der Waals surface area contributed by atoms with Crippen molar-refractivity contribution < 1.29 is 9.47 Å². The standard InChI is InChI=1S/C12H10Cl2O2/c1-2-5-15-7-11-12(16-11)9-4-3-8(13)6-10(9)14/h1,3-4,6,11-12H,5,7H2/t11-,12-/m1/s1. The normalized spacial score (nSPS) is 22.8. The van der Waals surface area contributed by atoms with Crippen molar-refractivity contribution in [3.05, 3.63) is 33.8 Å². The van der Waals surface area contributed by atoms with Gasteiger partial charge in [-0.1, -0.05) is 35.2 Å². The van der Waals surface area contributed by atoms with Crippen LogP contribution in [-0.4, -0.2) is 19.3 Å². The van der Waals surface area contributed by atoms with Gasteiger partial charge in [0.25, 0.3) is 0 Å². The molecular formula is C12H10Cl2O2. The van der Waals surface area contributed by atoms with Crippen LogP contribution in [0.25, 0.3) is 0 Å². The molecule has 84 valence electrons. The van der Waals surface area contributed by atoms with Gasteiger partial charge in [0.2, 0.25) is 0 Å². The second-order valence-electron chi connectivity index (χ2n) is 3.48. The van der Waals surface area contributed by atoms with E-state index in [1.807, 2.05) is 6.07 Å². The van der Waals surface area contributed by atoms with E-state index in [0.717, 1.165) is 5.56 Å². The van der Waals surface area contributed by atoms with Crippen LogP contribution in [-0.2, 0) is 9.47 Å². The molecule has 1 saturated heterocycles. The lowest BCUT2D eigenvalue weighted by molar-refractivity contribution is 0.145. The number of rotatable bonds is 4. The fourth-order valence-corrected chi connectivity index (χ4v) is 2.03. The molecule has 2 rings (SSSR count). The number of ether oxygens (including phenoxy) is 2. The highest BCUT2D eigenvalue weighted by molar-refractivity contribution is 6.35. The number of terminal acetylenes is 1. The van der Waals surface area contributed by atoms with Crippen LogP contribution in [0.15, 0.2) is 18.2 Å². The molecule has 1 aliphatic heterocycles. The quantitative estimate of drug-likeness (QED) is 0.469. The summed E-state index contributed by atoms with van der Waals surface area (Å²) < 4.78 is 10.6. The predicted octanol–water partition coefficient (Wildman–Crippen LogP) is 3.08. The summed E-state index contributed by atoms with van der Waals surface area (Å²) in [5.41, 5.74) is 0.945. The molecule has 2 nitrogen and oxygen atoms in total. The van der Waals surface area contributed by atoms with Crippen molar-refractivity contribution >= 4 is 23.2 Å². The second-order valence-corrected chi connectivity index (χ2v) is 4.32. The molecule has 0 N–H and O–H groups in total. The smallest absolute Gasteiger partial charge is 0.113 e. The van der Waals surface area contributed by atoms with Crippen molar-refractivity contribution in [2.75, 3.05) is 13.2 Å². The van der Waals surface area contributed by atoms with Crippen molar-refractivity contribution in [2.45, 2.75) is 12.2 Å². The van der Waals surface area contributed by atoms with Gasteiger partial charge in [-0.3, -0.25) is 0 Å². The first kappa shape index (κ1) is 11.8. The highest BCUT2D eigenvalue weighted by Crippen LogP contribution is 2.42. The monoisotopic (exact) mass is 256 g/mol. The molecule has 2 atom stereocenters. The van der Waals surface area contributed by atoms with Crippen LogP contribution in [0.3, 0.4) is 0 Å². The van der Waals surface area contributed by atoms with Gasteiger partial charge >= 0.3 is 0 Å². The maximum Gasteiger partial charge on any atom is 0.113 e. The van der Waals surface area contributed by atoms with Gasteiger partial charge in [-0.05, 0) is 12.1 Å². The Morgan fingerprint density at radius 1 is 1.44 bits per heavy atom. The van der Waals surface area contributed by atoms with Crippen LogP contribution in [0.2, 0.25) is 10.0 Å². The first-order chi connectivity index (χ1) is 7.72. The maximum atomic E-state index is 6.05. The van der Waals surface area contributed by atoms with E-state index in [4.69, 9.17) is 39.1 Å². The SMILES string of the molecule is C#CCOC[C@H]1O[C@@H]1c1ccc(Cl)cc1Cl. The molecule has 1 fully saturated rings. The molecule has 0 bridgehead atoms. The van der Waals surface area contributed by atoms with Crippen molar-refractivity contribution in [1.82, 2.24) is 0 Å². The summed E-state index contributed by atoms with van der Waals surface area (Å²) >= 11 is 11.9. The third-order valence-corrected chi connectivity index (χ3v) is 2.88. The zero-order valence-electron chi connectivity index (χ0n) is 8.45. The third kappa shape index (κ3) is 2.69. The molecule has 0 aromatic heterocycles. The van der Waals surface area contributed by atoms with E-state index in [1.54, 1.807) is 12.1 Å². The largest absolute Gasteiger partial charge is 0.366 e. The lowest BCUT2D eigenvalue weighted by Crippen LogP contribution is -2.02. The highest BCUT2D eigenvalue weighted by atomic mass is 35.5. The Kier molecular flexibility index (Phi) is 3.73. The van der Waals surface area contributed by atoms with E-state index in [1.165, 1.54) is 0 Å². The fraction of sp³-hybridized carbons (Fsp3) is 0.333. The van der Waals surface area contributed by atoms with Gasteiger partial charge in [-0.2, -0.15) is 0 Å². The average Bonchev–Trinajstić information content (AvgIpc) is 2.98. The number of epoxide rings is 1. The zero-order chi connectivity index (χ0) is 11.5. The van der Waals surface area contributed by atoms with Gasteiger partial charge in [0.15, 0.2) is 0 Å². The van der Waals surface area contributed by atoms with Crippen LogP contribution in [0.4, 0.5) is 0 Å². The van der Waals surface area contributed by atoms with Gasteiger partial charge < -0.3 is 9.47 Å². The van der Waals surface area contributed by atoms with E-state index < -0.39 is 0 Å². The summed E-state index contributed by atoms with van der Waals surface area (Å²) in [7, 11) is 0. The first-order valence-corrected chi connectivity index (χ1v) is 5.59. The number of halogens is 2. The van der Waals surface area contributed by atoms with E-state index in [2.05, 4.69) is 5.92 Å². The fourth-order valence-electron chi connectivity index (χ4n) is 1.51. The van der Waals surface area contributed by atoms with Gasteiger partial charge in [0.1, 0.15) is 18.8 Å². The Labute approximate surface area is 104 Å². The summed E-state index contributed by atoms with van der Waals surface area (Å²) in [6.07, 6.45) is 5.12. The Morgan fingerprint density at radius 3 is 2.94 bits per heavy atom. The summed E-state index contributed by atoms with van der Waals surface area (Å²) in [4.78, 5) is 0. The molecule has 0 aliphatic carbocycles. The van der Waals surface area contributed by atoms with Crippen LogP contribution >= 0.6 is 23.2 Å². The summed E-state index contributed by atoms with van der Waals surface area (Å²) in [6.45, 7) is 0.800. The van der Waals surface area contributed by atoms with Gasteiger partial charge in [-0.15, -0.1) is 6.42 Å². The number of hydrogen-bond donors (Lipinski definition) is 0. The summed E-state index contributed by atoms with van der Waals surface area (Å²) in [6, 6.07) is 5.37. The summed E-state index contributed by atoms with van der Waals surface area (Å²) in [5, 5.41) is 1.24. The Bertz CT molecular complexity index is 426. The lowest BCUT2D eigenvalue weighted by atomic mass is 10.1. The summed E-state index contributed by atoms with van der Waals surface area (Å²) in [5.74, 6) is 2.40. The Hall–Kier alpha value is -0.720. The van der Waals surface area contributed by atoms with E-state index in [0.29, 0.717) is 23.3 Å². The molecule has 1 heterocycles. The molecule has 16 heavy (non-hydrogen) atoms. The lowest BCUT2D eigenvalue weighted by Gasteiger charge is -2.00. The molecule has 0 radical (unpaired) electrons. The van der Waals surface area contributed by atoms with Crippen LogP contribution in [0.1, 0.15) is 11.7 Å². The number of benzene rings is 1. The van der Waals surface area contributed by atoms with E-state index >= 15 is 0 Å². The van der Waals surface area contributed by atoms with Crippen molar-refractivity contribution in [2.24, 2.45) is 0 Å². The molecule has 4 heteroatoms. The topological polar surface area (TPSA) is 21.8 Å². The zero-order valence-corrected chi connectivity index (χ0v) is 9.96. The van der Waals surface area contributed by atoms with Gasteiger partial charge in [0, 0.05) is 15.6 Å². The Balaban J connectivity index is 1.93. The molecule has 0 spiro atoms. The molecule has 1 aromatic rings. The van der Waals surface area contributed by atoms with Crippen LogP contribution < -0.4 is 0 Å². The molecule has 0 unspecified atom stereocenters. The minimum Gasteiger partial charge on any atom is -0.366 e. The van der Waals surface area contributed by atoms with Crippen LogP contribution in [0.5, 0.6) is 0 Å². The van der Waals surface area contributed by atoms with Crippen LogP contribution in [0, 0.1) is 12.3 Å². The average molecular weight is 257 g/mol. The van der Waals surface area contributed by atoms with Crippen molar-refractivity contribution in [3.63, 3.8) is 0 Å². The van der Waals surface area contributed by atoms with E-state index in [9.17, 15) is 0 Å². The van der Waals surface area contributed by atoms with Crippen molar-refractivity contribution in [1.29, 1.82) is 0 Å². The molecule has 1 aromatic carbocycles. The third-order valence-electron chi connectivity index (χ3n) is 2.32.